The number of hydrogen-bond acceptors (Lipinski definition) is 2. The molecule has 2 aromatic rings. The summed E-state index contributed by atoms with van der Waals surface area (Å²) in [6, 6.07) is 13.5. The van der Waals surface area contributed by atoms with Crippen LogP contribution < -0.4 is 0 Å². The van der Waals surface area contributed by atoms with Gasteiger partial charge in [-0.3, -0.25) is 0 Å². The van der Waals surface area contributed by atoms with Crippen LogP contribution in [-0.4, -0.2) is 27.8 Å². The molecule has 0 amide bonds. The molecule has 0 aromatic heterocycles. The van der Waals surface area contributed by atoms with Gasteiger partial charge in [0.15, 0.2) is 0 Å². The Morgan fingerprint density at radius 3 is 1.42 bits per heavy atom. The van der Waals surface area contributed by atoms with Gasteiger partial charge >= 0.3 is 0 Å². The molecule has 0 heterocycles. The third-order valence-electron chi connectivity index (χ3n) is 9.37. The summed E-state index contributed by atoms with van der Waals surface area (Å²) < 4.78 is 14.6. The van der Waals surface area contributed by atoms with E-state index in [2.05, 4.69) is 110 Å². The Morgan fingerprint density at radius 1 is 0.632 bits per heavy atom. The molecule has 0 spiro atoms. The summed E-state index contributed by atoms with van der Waals surface area (Å²) in [7, 11) is -4.00. The molecule has 2 aromatic carbocycles. The second kappa shape index (κ2) is 8.63. The van der Waals surface area contributed by atoms with E-state index in [1.165, 1.54) is 65.5 Å². The van der Waals surface area contributed by atoms with Gasteiger partial charge < -0.3 is 8.85 Å². The van der Waals surface area contributed by atoms with Gasteiger partial charge in [-0.15, -0.1) is 0 Å². The maximum absolute atomic E-state index is 7.28. The first-order chi connectivity index (χ1) is 18.1. The van der Waals surface area contributed by atoms with Gasteiger partial charge in [0.2, 0.25) is 16.6 Å². The van der Waals surface area contributed by atoms with E-state index in [0.717, 1.165) is 18.3 Å². The van der Waals surface area contributed by atoms with E-state index in [-0.39, 0.29) is 11.2 Å². The predicted octanol–water partition coefficient (Wildman–Crippen LogP) is 8.99. The molecule has 0 saturated heterocycles. The highest BCUT2D eigenvalue weighted by Crippen LogP contribution is 2.61. The Hall–Kier alpha value is -2.25. The molecule has 2 nitrogen and oxygen atoms in total. The molecule has 4 heteroatoms. The van der Waals surface area contributed by atoms with Crippen molar-refractivity contribution in [1.82, 2.24) is 0 Å². The van der Waals surface area contributed by atoms with E-state index < -0.39 is 16.6 Å². The first-order valence-electron chi connectivity index (χ1n) is 14.5. The Bertz CT molecular complexity index is 1290. The van der Waals surface area contributed by atoms with Gasteiger partial charge in [0.1, 0.15) is 0 Å². The van der Waals surface area contributed by atoms with Crippen molar-refractivity contribution >= 4 is 53.1 Å². The van der Waals surface area contributed by atoms with E-state index in [1.807, 2.05) is 0 Å². The molecule has 196 valence electrons. The van der Waals surface area contributed by atoms with E-state index >= 15 is 0 Å². The van der Waals surface area contributed by atoms with Crippen molar-refractivity contribution in [2.24, 2.45) is 11.8 Å². The Morgan fingerprint density at radius 2 is 1.05 bits per heavy atom. The van der Waals surface area contributed by atoms with Crippen LogP contribution in [-0.2, 0) is 8.85 Å². The molecule has 6 aliphatic rings. The summed E-state index contributed by atoms with van der Waals surface area (Å²) >= 11 is 0. The summed E-state index contributed by atoms with van der Waals surface area (Å²) in [5.74, 6) is 1.50. The lowest BCUT2D eigenvalue weighted by atomic mass is 9.52. The fourth-order valence-electron chi connectivity index (χ4n) is 8.27. The topological polar surface area (TPSA) is 18.5 Å². The predicted molar refractivity (Wildman–Crippen MR) is 166 cm³/mol. The van der Waals surface area contributed by atoms with E-state index in [9.17, 15) is 0 Å². The smallest absolute Gasteiger partial charge is 0.211 e. The van der Waals surface area contributed by atoms with Crippen LogP contribution in [0.15, 0.2) is 47.8 Å². The molecule has 4 saturated carbocycles. The van der Waals surface area contributed by atoms with Crippen molar-refractivity contribution < 1.29 is 8.85 Å². The molecule has 38 heavy (non-hydrogen) atoms. The molecule has 0 atom stereocenters. The first kappa shape index (κ1) is 24.8. The second-order valence-electron chi connectivity index (χ2n) is 13.8. The molecule has 4 fully saturated rings. The Labute approximate surface area is 230 Å². The molecule has 6 aliphatic carbocycles. The van der Waals surface area contributed by atoms with Crippen molar-refractivity contribution in [3.63, 3.8) is 0 Å². The SMILES string of the molecule is C[Si](C)(C=Cc1ccc2c(c1)C=C2)OC12CC3CC(C1)CC(O[Si](C)(C)C=Cc1ccc4c(c1)C=C4)(C3)C2. The minimum atomic E-state index is -2.00. The maximum Gasteiger partial charge on any atom is 0.211 e. The highest BCUT2D eigenvalue weighted by Gasteiger charge is 2.60. The number of rotatable bonds is 8. The monoisotopic (exact) mass is 536 g/mol. The van der Waals surface area contributed by atoms with Gasteiger partial charge in [0.25, 0.3) is 0 Å². The summed E-state index contributed by atoms with van der Waals surface area (Å²) in [4.78, 5) is 0. The zero-order valence-corrected chi connectivity index (χ0v) is 25.3. The largest absolute Gasteiger partial charge is 0.408 e. The van der Waals surface area contributed by atoms with Crippen LogP contribution in [0.5, 0.6) is 0 Å². The van der Waals surface area contributed by atoms with Crippen LogP contribution in [0.1, 0.15) is 71.9 Å². The summed E-state index contributed by atoms with van der Waals surface area (Å²) in [5, 5.41) is 0. The van der Waals surface area contributed by atoms with Crippen molar-refractivity contribution in [2.45, 2.75) is 75.9 Å². The molecule has 0 unspecified atom stereocenters. The molecular formula is C34H40O2Si2. The highest BCUT2D eigenvalue weighted by molar-refractivity contribution is 6.77. The fourth-order valence-corrected chi connectivity index (χ4v) is 12.3. The third-order valence-corrected chi connectivity index (χ3v) is 13.2. The number of benzene rings is 2. The molecule has 4 bridgehead atoms. The van der Waals surface area contributed by atoms with Crippen molar-refractivity contribution in [1.29, 1.82) is 0 Å². The highest BCUT2D eigenvalue weighted by atomic mass is 28.4. The standard InChI is InChI=1S/C34H40O2Si2/c1-37(2,15-13-25-5-7-29-9-11-31(29)18-25)35-33-20-27-17-28(21-33)23-34(22-27,24-33)36-38(3,4)16-14-26-6-8-30-10-12-32(30)19-26/h5-16,18-19,27-28H,17,20-24H2,1-4H3. The van der Waals surface area contributed by atoms with E-state index in [4.69, 9.17) is 8.85 Å². The summed E-state index contributed by atoms with van der Waals surface area (Å²) in [6.45, 7) is 9.51. The lowest BCUT2D eigenvalue weighted by Gasteiger charge is -2.63. The number of fused-ring (bicyclic) bond motifs is 2. The zero-order valence-electron chi connectivity index (χ0n) is 23.3. The van der Waals surface area contributed by atoms with Crippen LogP contribution in [0, 0.1) is 11.8 Å². The van der Waals surface area contributed by atoms with Gasteiger partial charge in [-0.2, -0.15) is 0 Å². The zero-order chi connectivity index (χ0) is 26.2. The van der Waals surface area contributed by atoms with Gasteiger partial charge in [-0.05, 0) is 116 Å². The minimum absolute atomic E-state index is 0.00436. The van der Waals surface area contributed by atoms with Crippen LogP contribution in [0.3, 0.4) is 0 Å². The quantitative estimate of drug-likeness (QED) is 0.209. The molecular weight excluding hydrogens is 497 g/mol. The molecule has 8 rings (SSSR count). The lowest BCUT2D eigenvalue weighted by Crippen LogP contribution is -2.64. The van der Waals surface area contributed by atoms with Crippen LogP contribution >= 0.6 is 0 Å². The Kier molecular flexibility index (Phi) is 5.62. The Balaban J connectivity index is 1.07. The van der Waals surface area contributed by atoms with Gasteiger partial charge in [0.05, 0.1) is 11.2 Å². The maximum atomic E-state index is 7.28. The van der Waals surface area contributed by atoms with Crippen molar-refractivity contribution in [3.8, 4) is 0 Å². The lowest BCUT2D eigenvalue weighted by molar-refractivity contribution is -0.182. The van der Waals surface area contributed by atoms with Crippen molar-refractivity contribution in [2.75, 3.05) is 0 Å². The van der Waals surface area contributed by atoms with Gasteiger partial charge in [-0.25, -0.2) is 0 Å². The average Bonchev–Trinajstić information content (AvgIpc) is 2.77. The summed E-state index contributed by atoms with van der Waals surface area (Å²) in [5.41, 5.74) is 12.8. The van der Waals surface area contributed by atoms with Crippen LogP contribution in [0.4, 0.5) is 0 Å². The van der Waals surface area contributed by atoms with Gasteiger partial charge in [-0.1, -0.05) is 72.1 Å². The normalized spacial score (nSPS) is 30.5. The molecule has 0 radical (unpaired) electrons. The molecule has 0 N–H and O–H groups in total. The second-order valence-corrected chi connectivity index (χ2v) is 21.3. The van der Waals surface area contributed by atoms with E-state index in [0.29, 0.717) is 0 Å². The van der Waals surface area contributed by atoms with Crippen LogP contribution in [0.2, 0.25) is 26.2 Å². The average molecular weight is 537 g/mol. The fraction of sp³-hybridized carbons (Fsp3) is 0.412. The minimum Gasteiger partial charge on any atom is -0.408 e. The van der Waals surface area contributed by atoms with Crippen molar-refractivity contribution in [3.05, 3.63) is 81.2 Å². The van der Waals surface area contributed by atoms with E-state index in [1.54, 1.807) is 0 Å². The van der Waals surface area contributed by atoms with Crippen LogP contribution in [0.25, 0.3) is 36.5 Å². The third kappa shape index (κ3) is 4.70. The first-order valence-corrected chi connectivity index (χ1v) is 20.5. The molecule has 0 aliphatic heterocycles. The number of hydrogen-bond donors (Lipinski definition) is 0. The summed E-state index contributed by atoms with van der Waals surface area (Å²) in [6.07, 6.45) is 20.7. The van der Waals surface area contributed by atoms with Gasteiger partial charge in [0, 0.05) is 6.42 Å².